The zero-order valence-electron chi connectivity index (χ0n) is 9.83. The Morgan fingerprint density at radius 1 is 1.12 bits per heavy atom. The maximum absolute atomic E-state index is 10.9. The van der Waals surface area contributed by atoms with E-state index < -0.39 is 17.0 Å². The number of hydrogen-bond acceptors (Lipinski definition) is 4. The second-order valence-electron chi connectivity index (χ2n) is 4.20. The van der Waals surface area contributed by atoms with Gasteiger partial charge in [0.25, 0.3) is 0 Å². The molecule has 1 aromatic rings. The lowest BCUT2D eigenvalue weighted by Crippen LogP contribution is -2.29. The highest BCUT2D eigenvalue weighted by Gasteiger charge is 2.09. The van der Waals surface area contributed by atoms with Crippen molar-refractivity contribution in [2.75, 3.05) is 12.0 Å². The van der Waals surface area contributed by atoms with Crippen molar-refractivity contribution in [3.8, 4) is 0 Å². The van der Waals surface area contributed by atoms with Gasteiger partial charge in [-0.15, -0.1) is 0 Å². The van der Waals surface area contributed by atoms with Crippen molar-refractivity contribution in [1.29, 1.82) is 0 Å². The fourth-order valence-corrected chi connectivity index (χ4v) is 2.28. The van der Waals surface area contributed by atoms with Gasteiger partial charge < -0.3 is 10.0 Å². The van der Waals surface area contributed by atoms with Crippen LogP contribution in [0.4, 0.5) is 0 Å². The lowest BCUT2D eigenvalue weighted by atomic mass is 9.80. The second kappa shape index (κ2) is 6.19. The van der Waals surface area contributed by atoms with Gasteiger partial charge in [0.1, 0.15) is 9.84 Å². The van der Waals surface area contributed by atoms with Gasteiger partial charge in [0.15, 0.2) is 0 Å². The van der Waals surface area contributed by atoms with Gasteiger partial charge in [-0.05, 0) is 30.3 Å². The molecule has 0 unspecified atom stereocenters. The zero-order chi connectivity index (χ0) is 12.9. The smallest absolute Gasteiger partial charge is 0.423 e. The summed E-state index contributed by atoms with van der Waals surface area (Å²) in [6, 6.07) is 6.98. The number of benzene rings is 1. The van der Waals surface area contributed by atoms with Gasteiger partial charge in [-0.2, -0.15) is 0 Å². The van der Waals surface area contributed by atoms with Crippen LogP contribution in [0.5, 0.6) is 0 Å². The third-order valence-corrected chi connectivity index (χ3v) is 3.54. The molecule has 0 spiro atoms. The number of sulfone groups is 1. The number of aryl methyl sites for hydroxylation is 1. The van der Waals surface area contributed by atoms with Gasteiger partial charge in [-0.25, -0.2) is 8.42 Å². The monoisotopic (exact) mass is 256 g/mol. The molecule has 0 fully saturated rings. The van der Waals surface area contributed by atoms with Crippen LogP contribution in [0, 0.1) is 0 Å². The molecular weight excluding hydrogens is 239 g/mol. The van der Waals surface area contributed by atoms with E-state index in [0.717, 1.165) is 18.4 Å². The molecule has 94 valence electrons. The van der Waals surface area contributed by atoms with E-state index in [1.54, 1.807) is 12.1 Å². The molecule has 0 bridgehead atoms. The summed E-state index contributed by atoms with van der Waals surface area (Å²) >= 11 is 0. The summed E-state index contributed by atoms with van der Waals surface area (Å²) in [5, 5.41) is 17.8. The summed E-state index contributed by atoms with van der Waals surface area (Å²) in [5.41, 5.74) is 1.53. The van der Waals surface area contributed by atoms with Crippen LogP contribution in [0.3, 0.4) is 0 Å². The highest BCUT2D eigenvalue weighted by molar-refractivity contribution is 7.90. The Bertz CT molecular complexity index is 439. The zero-order valence-corrected chi connectivity index (χ0v) is 10.7. The molecular formula is C11H17BO4S. The van der Waals surface area contributed by atoms with Crippen LogP contribution in [-0.4, -0.2) is 37.6 Å². The van der Waals surface area contributed by atoms with Crippen LogP contribution in [0.25, 0.3) is 0 Å². The summed E-state index contributed by atoms with van der Waals surface area (Å²) < 4.78 is 21.8. The summed E-state index contributed by atoms with van der Waals surface area (Å²) in [4.78, 5) is 0. The Kier molecular flexibility index (Phi) is 5.17. The minimum atomic E-state index is -2.86. The SMILES string of the molecule is CS(=O)(=O)CCCCc1ccc(B(O)O)cc1. The molecule has 0 radical (unpaired) electrons. The van der Waals surface area contributed by atoms with Gasteiger partial charge >= 0.3 is 7.12 Å². The van der Waals surface area contributed by atoms with E-state index in [4.69, 9.17) is 10.0 Å². The van der Waals surface area contributed by atoms with Crippen LogP contribution in [0.2, 0.25) is 0 Å². The molecule has 0 aliphatic heterocycles. The lowest BCUT2D eigenvalue weighted by Gasteiger charge is -2.03. The number of unbranched alkanes of at least 4 members (excludes halogenated alkanes) is 1. The molecule has 0 aromatic heterocycles. The largest absolute Gasteiger partial charge is 0.488 e. The molecule has 0 saturated carbocycles. The third-order valence-electron chi connectivity index (χ3n) is 2.51. The van der Waals surface area contributed by atoms with Crippen molar-refractivity contribution < 1.29 is 18.5 Å². The molecule has 6 heteroatoms. The van der Waals surface area contributed by atoms with Crippen molar-refractivity contribution in [3.63, 3.8) is 0 Å². The minimum absolute atomic E-state index is 0.223. The Labute approximate surface area is 102 Å². The van der Waals surface area contributed by atoms with E-state index in [9.17, 15) is 8.42 Å². The lowest BCUT2D eigenvalue weighted by molar-refractivity contribution is 0.426. The van der Waals surface area contributed by atoms with Crippen LogP contribution >= 0.6 is 0 Å². The molecule has 4 nitrogen and oxygen atoms in total. The van der Waals surface area contributed by atoms with Crippen molar-refractivity contribution in [2.24, 2.45) is 0 Å². The van der Waals surface area contributed by atoms with Crippen LogP contribution in [-0.2, 0) is 16.3 Å². The first-order chi connectivity index (χ1) is 7.88. The van der Waals surface area contributed by atoms with Crippen molar-refractivity contribution in [3.05, 3.63) is 29.8 Å². The first-order valence-electron chi connectivity index (χ1n) is 5.51. The molecule has 2 N–H and O–H groups in total. The maximum atomic E-state index is 10.9. The molecule has 0 aliphatic rings. The molecule has 0 amide bonds. The molecule has 0 saturated heterocycles. The average molecular weight is 256 g/mol. The summed E-state index contributed by atoms with van der Waals surface area (Å²) in [6.45, 7) is 0. The van der Waals surface area contributed by atoms with E-state index in [2.05, 4.69) is 0 Å². The van der Waals surface area contributed by atoms with Crippen molar-refractivity contribution >= 4 is 22.4 Å². The van der Waals surface area contributed by atoms with Crippen LogP contribution < -0.4 is 5.46 Å². The topological polar surface area (TPSA) is 74.6 Å². The first-order valence-corrected chi connectivity index (χ1v) is 7.57. The third kappa shape index (κ3) is 5.86. The van der Waals surface area contributed by atoms with Gasteiger partial charge in [0, 0.05) is 12.0 Å². The fourth-order valence-electron chi connectivity index (χ4n) is 1.55. The van der Waals surface area contributed by atoms with Crippen molar-refractivity contribution in [2.45, 2.75) is 19.3 Å². The fraction of sp³-hybridized carbons (Fsp3) is 0.455. The predicted octanol–water partition coefficient (Wildman–Crippen LogP) is -0.266. The van der Waals surface area contributed by atoms with Gasteiger partial charge in [0.2, 0.25) is 0 Å². The molecule has 0 atom stereocenters. The first kappa shape index (κ1) is 14.2. The minimum Gasteiger partial charge on any atom is -0.423 e. The molecule has 0 heterocycles. The van der Waals surface area contributed by atoms with E-state index in [1.807, 2.05) is 12.1 Å². The van der Waals surface area contributed by atoms with Crippen LogP contribution in [0.1, 0.15) is 18.4 Å². The Hall–Kier alpha value is -0.845. The highest BCUT2D eigenvalue weighted by atomic mass is 32.2. The van der Waals surface area contributed by atoms with Gasteiger partial charge in [-0.1, -0.05) is 24.3 Å². The molecule has 1 rings (SSSR count). The average Bonchev–Trinajstić information content (AvgIpc) is 2.24. The van der Waals surface area contributed by atoms with Crippen molar-refractivity contribution in [1.82, 2.24) is 0 Å². The number of rotatable bonds is 6. The highest BCUT2D eigenvalue weighted by Crippen LogP contribution is 2.05. The quantitative estimate of drug-likeness (QED) is 0.543. The van der Waals surface area contributed by atoms with E-state index in [-0.39, 0.29) is 5.75 Å². The van der Waals surface area contributed by atoms with Crippen LogP contribution in [0.15, 0.2) is 24.3 Å². The maximum Gasteiger partial charge on any atom is 0.488 e. The van der Waals surface area contributed by atoms with Gasteiger partial charge in [0.05, 0.1) is 0 Å². The van der Waals surface area contributed by atoms with Gasteiger partial charge in [-0.3, -0.25) is 0 Å². The molecule has 1 aromatic carbocycles. The normalized spacial score (nSPS) is 11.5. The second-order valence-corrected chi connectivity index (χ2v) is 6.46. The predicted molar refractivity (Wildman–Crippen MR) is 68.9 cm³/mol. The Balaban J connectivity index is 2.37. The summed E-state index contributed by atoms with van der Waals surface area (Å²) in [5.74, 6) is 0.223. The van der Waals surface area contributed by atoms with E-state index in [1.165, 1.54) is 6.26 Å². The molecule has 17 heavy (non-hydrogen) atoms. The standard InChI is InChI=1S/C11H17BO4S/c1-17(15,16)9-3-2-4-10-5-7-11(8-6-10)12(13)14/h5-8,13-14H,2-4,9H2,1H3. The summed E-state index contributed by atoms with van der Waals surface area (Å²) in [7, 11) is -4.30. The van der Waals surface area contributed by atoms with E-state index >= 15 is 0 Å². The molecule has 0 aliphatic carbocycles. The Morgan fingerprint density at radius 3 is 2.18 bits per heavy atom. The van der Waals surface area contributed by atoms with E-state index in [0.29, 0.717) is 11.9 Å². The Morgan fingerprint density at radius 2 is 1.71 bits per heavy atom. The number of hydrogen-bond donors (Lipinski definition) is 2. The summed E-state index contributed by atoms with van der Waals surface area (Å²) in [6.07, 6.45) is 3.51.